The fourth-order valence-corrected chi connectivity index (χ4v) is 2.84. The van der Waals surface area contributed by atoms with Gasteiger partial charge in [-0.1, -0.05) is 13.3 Å². The van der Waals surface area contributed by atoms with Gasteiger partial charge in [0.05, 0.1) is 6.33 Å². The number of nitrogens with zero attached hydrogens (tertiary/aromatic N) is 2. The predicted molar refractivity (Wildman–Crippen MR) is 82.1 cm³/mol. The van der Waals surface area contributed by atoms with Gasteiger partial charge in [0.2, 0.25) is 0 Å². The highest BCUT2D eigenvalue weighted by molar-refractivity contribution is 5.76. The van der Waals surface area contributed by atoms with Crippen LogP contribution in [0.1, 0.15) is 58.6 Å². The van der Waals surface area contributed by atoms with Crippen molar-refractivity contribution in [2.24, 2.45) is 0 Å². The van der Waals surface area contributed by atoms with Crippen LogP contribution in [0.25, 0.3) is 0 Å². The molecule has 0 bridgehead atoms. The highest BCUT2D eigenvalue weighted by Gasteiger charge is 2.39. The first-order valence-electron chi connectivity index (χ1n) is 7.86. The average Bonchev–Trinajstić information content (AvgIpc) is 3.03. The van der Waals surface area contributed by atoms with Crippen molar-refractivity contribution >= 4 is 5.97 Å². The Bertz CT molecular complexity index is 451. The highest BCUT2D eigenvalue weighted by Crippen LogP contribution is 2.32. The molecule has 0 radical (unpaired) electrons. The van der Waals surface area contributed by atoms with Crippen LogP contribution in [0, 0.1) is 0 Å². The van der Waals surface area contributed by atoms with E-state index in [0.717, 1.165) is 38.0 Å². The molecule has 21 heavy (non-hydrogen) atoms. The van der Waals surface area contributed by atoms with E-state index in [1.165, 1.54) is 0 Å². The van der Waals surface area contributed by atoms with E-state index in [0.29, 0.717) is 5.92 Å². The van der Waals surface area contributed by atoms with Crippen LogP contribution in [-0.4, -0.2) is 45.6 Å². The maximum atomic E-state index is 12.5. The van der Waals surface area contributed by atoms with Gasteiger partial charge in [-0.15, -0.1) is 0 Å². The Kier molecular flexibility index (Phi) is 5.04. The van der Waals surface area contributed by atoms with Gasteiger partial charge >= 0.3 is 5.97 Å². The Labute approximate surface area is 127 Å². The molecular weight excluding hydrogens is 266 g/mol. The third kappa shape index (κ3) is 4.30. The summed E-state index contributed by atoms with van der Waals surface area (Å²) in [6.45, 7) is 9.77. The third-order valence-electron chi connectivity index (χ3n) is 3.84. The van der Waals surface area contributed by atoms with Gasteiger partial charge in [0.15, 0.2) is 0 Å². The fraction of sp³-hybridized carbons (Fsp3) is 0.750. The van der Waals surface area contributed by atoms with E-state index in [1.54, 1.807) is 6.33 Å². The quantitative estimate of drug-likeness (QED) is 0.848. The number of rotatable bonds is 5. The molecule has 5 heteroatoms. The molecule has 1 aromatic heterocycles. The zero-order valence-electron chi connectivity index (χ0n) is 13.6. The molecule has 0 aliphatic carbocycles. The Balaban J connectivity index is 2.06. The summed E-state index contributed by atoms with van der Waals surface area (Å²) in [6, 6.07) is -0.135. The SMILES string of the molecule is CCCCN1CC(c2cnc[nH]2)CC1C(=O)OC(C)(C)C. The van der Waals surface area contributed by atoms with Crippen molar-refractivity contribution in [2.45, 2.75) is 64.5 Å². The van der Waals surface area contributed by atoms with Crippen LogP contribution in [0.4, 0.5) is 0 Å². The van der Waals surface area contributed by atoms with Gasteiger partial charge < -0.3 is 9.72 Å². The average molecular weight is 293 g/mol. The van der Waals surface area contributed by atoms with Gasteiger partial charge in [0.1, 0.15) is 11.6 Å². The fourth-order valence-electron chi connectivity index (χ4n) is 2.84. The molecule has 5 nitrogen and oxygen atoms in total. The first-order chi connectivity index (χ1) is 9.90. The first kappa shape index (κ1) is 16.0. The van der Waals surface area contributed by atoms with Crippen molar-refractivity contribution in [2.75, 3.05) is 13.1 Å². The molecule has 0 aromatic carbocycles. The molecule has 1 N–H and O–H groups in total. The summed E-state index contributed by atoms with van der Waals surface area (Å²) in [5, 5.41) is 0. The minimum absolute atomic E-state index is 0.0966. The van der Waals surface area contributed by atoms with Gasteiger partial charge in [-0.05, 0) is 40.2 Å². The van der Waals surface area contributed by atoms with Crippen LogP contribution in [0.15, 0.2) is 12.5 Å². The minimum atomic E-state index is -0.431. The lowest BCUT2D eigenvalue weighted by atomic mass is 10.0. The second-order valence-electron chi connectivity index (χ2n) is 6.84. The molecule has 1 fully saturated rings. The van der Waals surface area contributed by atoms with Crippen LogP contribution < -0.4 is 0 Å². The largest absolute Gasteiger partial charge is 0.459 e. The lowest BCUT2D eigenvalue weighted by Crippen LogP contribution is -2.40. The summed E-state index contributed by atoms with van der Waals surface area (Å²) in [5.41, 5.74) is 0.683. The number of esters is 1. The number of ether oxygens (including phenoxy) is 1. The molecule has 2 rings (SSSR count). The molecule has 1 aromatic rings. The zero-order valence-corrected chi connectivity index (χ0v) is 13.6. The zero-order chi connectivity index (χ0) is 15.5. The van der Waals surface area contributed by atoms with E-state index in [4.69, 9.17) is 4.74 Å². The summed E-state index contributed by atoms with van der Waals surface area (Å²) >= 11 is 0. The summed E-state index contributed by atoms with van der Waals surface area (Å²) in [6.07, 6.45) is 6.61. The van der Waals surface area contributed by atoms with Gasteiger partial charge in [-0.25, -0.2) is 4.98 Å². The van der Waals surface area contributed by atoms with Crippen LogP contribution in [-0.2, 0) is 9.53 Å². The van der Waals surface area contributed by atoms with E-state index in [1.807, 2.05) is 27.0 Å². The van der Waals surface area contributed by atoms with E-state index >= 15 is 0 Å². The van der Waals surface area contributed by atoms with Gasteiger partial charge in [-0.3, -0.25) is 9.69 Å². The van der Waals surface area contributed by atoms with Crippen LogP contribution in [0.3, 0.4) is 0 Å². The number of carbonyl (C=O) groups is 1. The Morgan fingerprint density at radius 2 is 2.29 bits per heavy atom. The standard InChI is InChI=1S/C16H27N3O2/c1-5-6-7-19-10-12(13-9-17-11-18-13)8-14(19)15(20)21-16(2,3)4/h9,11-12,14H,5-8,10H2,1-4H3,(H,17,18). The molecule has 0 spiro atoms. The number of aromatic amines is 1. The summed E-state index contributed by atoms with van der Waals surface area (Å²) in [7, 11) is 0. The Morgan fingerprint density at radius 1 is 1.52 bits per heavy atom. The van der Waals surface area contributed by atoms with Crippen molar-refractivity contribution in [3.8, 4) is 0 Å². The number of carbonyl (C=O) groups excluding carboxylic acids is 1. The van der Waals surface area contributed by atoms with Crippen molar-refractivity contribution in [1.82, 2.24) is 14.9 Å². The Hall–Kier alpha value is -1.36. The number of nitrogens with one attached hydrogen (secondary N) is 1. The molecule has 1 saturated heterocycles. The number of likely N-dealkylation sites (tertiary alicyclic amines) is 1. The van der Waals surface area contributed by atoms with Crippen molar-refractivity contribution < 1.29 is 9.53 Å². The van der Waals surface area contributed by atoms with Gasteiger partial charge in [0.25, 0.3) is 0 Å². The maximum Gasteiger partial charge on any atom is 0.323 e. The topological polar surface area (TPSA) is 58.2 Å². The lowest BCUT2D eigenvalue weighted by molar-refractivity contribution is -0.160. The number of unbranched alkanes of at least 4 members (excludes halogenated alkanes) is 1. The number of hydrogen-bond acceptors (Lipinski definition) is 4. The summed E-state index contributed by atoms with van der Waals surface area (Å²) < 4.78 is 5.59. The smallest absolute Gasteiger partial charge is 0.323 e. The minimum Gasteiger partial charge on any atom is -0.459 e. The molecular formula is C16H27N3O2. The normalized spacial score (nSPS) is 23.4. The first-order valence-corrected chi connectivity index (χ1v) is 7.86. The summed E-state index contributed by atoms with van der Waals surface area (Å²) in [5.74, 6) is 0.238. The van der Waals surface area contributed by atoms with Crippen LogP contribution in [0.2, 0.25) is 0 Å². The molecule has 0 amide bonds. The van der Waals surface area contributed by atoms with Gasteiger partial charge in [-0.2, -0.15) is 0 Å². The predicted octanol–water partition coefficient (Wildman–Crippen LogP) is 2.71. The van der Waals surface area contributed by atoms with Crippen molar-refractivity contribution in [3.63, 3.8) is 0 Å². The van der Waals surface area contributed by atoms with E-state index < -0.39 is 5.60 Å². The third-order valence-corrected chi connectivity index (χ3v) is 3.84. The van der Waals surface area contributed by atoms with Crippen molar-refractivity contribution in [3.05, 3.63) is 18.2 Å². The monoisotopic (exact) mass is 293 g/mol. The summed E-state index contributed by atoms with van der Waals surface area (Å²) in [4.78, 5) is 22.0. The second kappa shape index (κ2) is 6.60. The number of aromatic nitrogens is 2. The highest BCUT2D eigenvalue weighted by atomic mass is 16.6. The molecule has 1 aliphatic rings. The van der Waals surface area contributed by atoms with Crippen LogP contribution in [0.5, 0.6) is 0 Å². The number of H-pyrrole nitrogens is 1. The maximum absolute atomic E-state index is 12.5. The van der Waals surface area contributed by atoms with E-state index in [2.05, 4.69) is 21.8 Å². The lowest BCUT2D eigenvalue weighted by Gasteiger charge is -2.27. The van der Waals surface area contributed by atoms with Crippen LogP contribution >= 0.6 is 0 Å². The van der Waals surface area contributed by atoms with E-state index in [-0.39, 0.29) is 12.0 Å². The Morgan fingerprint density at radius 3 is 2.86 bits per heavy atom. The van der Waals surface area contributed by atoms with Crippen molar-refractivity contribution in [1.29, 1.82) is 0 Å². The second-order valence-corrected chi connectivity index (χ2v) is 6.84. The molecule has 1 aliphatic heterocycles. The van der Waals surface area contributed by atoms with E-state index in [9.17, 15) is 4.79 Å². The van der Waals surface area contributed by atoms with Gasteiger partial charge in [0, 0.05) is 24.4 Å². The number of hydrogen-bond donors (Lipinski definition) is 1. The molecule has 2 unspecified atom stereocenters. The number of imidazole rings is 1. The molecule has 0 saturated carbocycles. The molecule has 2 heterocycles. The molecule has 2 atom stereocenters. The molecule has 118 valence electrons.